The molecule has 1 heterocycles. The Labute approximate surface area is 91.6 Å². The van der Waals surface area contributed by atoms with Crippen LogP contribution in [-0.2, 0) is 0 Å². The lowest BCUT2D eigenvalue weighted by Crippen LogP contribution is -2.64. The van der Waals surface area contributed by atoms with Crippen molar-refractivity contribution in [2.75, 3.05) is 18.8 Å². The van der Waals surface area contributed by atoms with E-state index < -0.39 is 0 Å². The van der Waals surface area contributed by atoms with Crippen LogP contribution in [-0.4, -0.2) is 40.6 Å². The van der Waals surface area contributed by atoms with E-state index >= 15 is 0 Å². The molecule has 0 radical (unpaired) electrons. The van der Waals surface area contributed by atoms with Gasteiger partial charge in [0.05, 0.1) is 0 Å². The normalized spacial score (nSPS) is 37.9. The van der Waals surface area contributed by atoms with Gasteiger partial charge in [0.2, 0.25) is 0 Å². The van der Waals surface area contributed by atoms with Crippen LogP contribution >= 0.6 is 11.8 Å². The molecule has 3 heteroatoms. The fraction of sp³-hybridized carbons (Fsp3) is 1.00. The van der Waals surface area contributed by atoms with E-state index in [-0.39, 0.29) is 0 Å². The van der Waals surface area contributed by atoms with Gasteiger partial charge in [-0.25, -0.2) is 0 Å². The highest BCUT2D eigenvalue weighted by molar-refractivity contribution is 8.00. The van der Waals surface area contributed by atoms with Crippen LogP contribution in [0.3, 0.4) is 0 Å². The number of rotatable bonds is 2. The third kappa shape index (κ3) is 1.59. The molecule has 1 saturated carbocycles. The molecule has 0 aromatic carbocycles. The number of hydrogen-bond donors (Lipinski definition) is 1. The number of nitrogens with two attached hydrogens (primary N) is 1. The highest BCUT2D eigenvalue weighted by atomic mass is 32.2. The van der Waals surface area contributed by atoms with Crippen LogP contribution in [0.25, 0.3) is 0 Å². The van der Waals surface area contributed by atoms with E-state index in [9.17, 15) is 0 Å². The number of thioether (sulfide) groups is 1. The van der Waals surface area contributed by atoms with E-state index in [2.05, 4.69) is 30.5 Å². The lowest BCUT2D eigenvalue weighted by molar-refractivity contribution is -0.00330. The molecule has 0 aromatic heterocycles. The molecule has 0 aromatic rings. The molecule has 2 N–H and O–H groups in total. The van der Waals surface area contributed by atoms with Crippen LogP contribution in [0.4, 0.5) is 0 Å². The van der Waals surface area contributed by atoms with Crippen molar-refractivity contribution in [2.24, 2.45) is 5.73 Å². The molecule has 2 atom stereocenters. The fourth-order valence-corrected chi connectivity index (χ4v) is 3.90. The molecule has 1 saturated heterocycles. The van der Waals surface area contributed by atoms with Gasteiger partial charge in [0.25, 0.3) is 0 Å². The molecule has 1 aliphatic heterocycles. The fourth-order valence-electron chi connectivity index (χ4n) is 2.80. The first kappa shape index (κ1) is 10.8. The first-order valence-electron chi connectivity index (χ1n) is 5.78. The zero-order chi connectivity index (χ0) is 10.2. The molecule has 2 aliphatic rings. The standard InChI is InChI=1S/C11H22N2S/c1-9-10(2)14-7-6-13(9)11(8-12)4-3-5-11/h9-10H,3-8,12H2,1-2H3. The molecule has 2 unspecified atom stereocenters. The molecule has 82 valence electrons. The van der Waals surface area contributed by atoms with E-state index in [0.717, 1.165) is 11.8 Å². The van der Waals surface area contributed by atoms with E-state index in [0.29, 0.717) is 11.6 Å². The van der Waals surface area contributed by atoms with Crippen molar-refractivity contribution in [3.05, 3.63) is 0 Å². The predicted octanol–water partition coefficient (Wildman–Crippen LogP) is 1.69. The van der Waals surface area contributed by atoms with Gasteiger partial charge in [-0.05, 0) is 26.2 Å². The monoisotopic (exact) mass is 214 g/mol. The smallest absolute Gasteiger partial charge is 0.0335 e. The minimum absolute atomic E-state index is 0.384. The molecular formula is C11H22N2S. The number of hydrogen-bond acceptors (Lipinski definition) is 3. The summed E-state index contributed by atoms with van der Waals surface area (Å²) in [6.07, 6.45) is 4.03. The first-order valence-corrected chi connectivity index (χ1v) is 6.83. The van der Waals surface area contributed by atoms with E-state index in [1.54, 1.807) is 0 Å². The van der Waals surface area contributed by atoms with Gasteiger partial charge in [0.15, 0.2) is 0 Å². The SMILES string of the molecule is CC1SCCN(C2(CN)CCC2)C1C. The van der Waals surface area contributed by atoms with Crippen LogP contribution < -0.4 is 5.73 Å². The van der Waals surface area contributed by atoms with Gasteiger partial charge in [0.1, 0.15) is 0 Å². The second kappa shape index (κ2) is 4.03. The Bertz CT molecular complexity index is 198. The third-order valence-corrected chi connectivity index (χ3v) is 5.50. The molecule has 1 aliphatic carbocycles. The van der Waals surface area contributed by atoms with Gasteiger partial charge in [-0.15, -0.1) is 0 Å². The third-order valence-electron chi connectivity index (χ3n) is 4.16. The number of nitrogens with zero attached hydrogens (tertiary/aromatic N) is 1. The Morgan fingerprint density at radius 3 is 2.64 bits per heavy atom. The summed E-state index contributed by atoms with van der Waals surface area (Å²) >= 11 is 2.11. The van der Waals surface area contributed by atoms with E-state index in [1.807, 2.05) is 0 Å². The Morgan fingerprint density at radius 1 is 1.43 bits per heavy atom. The summed E-state index contributed by atoms with van der Waals surface area (Å²) in [6.45, 7) is 6.82. The van der Waals surface area contributed by atoms with Gasteiger partial charge in [-0.2, -0.15) is 11.8 Å². The summed E-state index contributed by atoms with van der Waals surface area (Å²) in [7, 11) is 0. The van der Waals surface area contributed by atoms with Crippen LogP contribution in [0.1, 0.15) is 33.1 Å². The maximum atomic E-state index is 5.96. The molecule has 2 rings (SSSR count). The quantitative estimate of drug-likeness (QED) is 0.758. The van der Waals surface area contributed by atoms with Crippen LogP contribution in [0.5, 0.6) is 0 Å². The first-order chi connectivity index (χ1) is 6.69. The average Bonchev–Trinajstić information content (AvgIpc) is 2.11. The molecule has 0 amide bonds. The van der Waals surface area contributed by atoms with Crippen molar-refractivity contribution in [2.45, 2.75) is 49.9 Å². The maximum Gasteiger partial charge on any atom is 0.0335 e. The van der Waals surface area contributed by atoms with Gasteiger partial charge in [-0.1, -0.05) is 6.92 Å². The summed E-state index contributed by atoms with van der Waals surface area (Å²) in [6, 6.07) is 0.706. The van der Waals surface area contributed by atoms with Crippen LogP contribution in [0, 0.1) is 0 Å². The molecule has 0 spiro atoms. The summed E-state index contributed by atoms with van der Waals surface area (Å²) in [4.78, 5) is 2.69. The van der Waals surface area contributed by atoms with E-state index in [4.69, 9.17) is 5.73 Å². The van der Waals surface area contributed by atoms with Crippen molar-refractivity contribution in [3.63, 3.8) is 0 Å². The Hall–Kier alpha value is 0.270. The van der Waals surface area contributed by atoms with Crippen molar-refractivity contribution in [1.82, 2.24) is 4.90 Å². The summed E-state index contributed by atoms with van der Waals surface area (Å²) in [5.74, 6) is 1.28. The van der Waals surface area contributed by atoms with Crippen molar-refractivity contribution in [3.8, 4) is 0 Å². The topological polar surface area (TPSA) is 29.3 Å². The lowest BCUT2D eigenvalue weighted by atomic mass is 9.74. The minimum Gasteiger partial charge on any atom is -0.329 e. The largest absolute Gasteiger partial charge is 0.329 e. The minimum atomic E-state index is 0.384. The zero-order valence-electron chi connectivity index (χ0n) is 9.33. The van der Waals surface area contributed by atoms with Gasteiger partial charge >= 0.3 is 0 Å². The lowest BCUT2D eigenvalue weighted by Gasteiger charge is -2.55. The molecular weight excluding hydrogens is 192 g/mol. The highest BCUT2D eigenvalue weighted by Crippen LogP contribution is 2.41. The molecule has 0 bridgehead atoms. The molecule has 2 fully saturated rings. The van der Waals surface area contributed by atoms with Gasteiger partial charge < -0.3 is 5.73 Å². The van der Waals surface area contributed by atoms with Gasteiger partial charge in [-0.3, -0.25) is 4.90 Å². The second-order valence-electron chi connectivity index (χ2n) is 4.79. The summed E-state index contributed by atoms with van der Waals surface area (Å²) in [5.41, 5.74) is 6.34. The Balaban J connectivity index is 2.07. The van der Waals surface area contributed by atoms with Crippen LogP contribution in [0.15, 0.2) is 0 Å². The van der Waals surface area contributed by atoms with Crippen LogP contribution in [0.2, 0.25) is 0 Å². The molecule has 14 heavy (non-hydrogen) atoms. The molecule has 2 nitrogen and oxygen atoms in total. The van der Waals surface area contributed by atoms with Crippen molar-refractivity contribution >= 4 is 11.8 Å². The summed E-state index contributed by atoms with van der Waals surface area (Å²) in [5, 5.41) is 0.771. The van der Waals surface area contributed by atoms with Crippen molar-refractivity contribution < 1.29 is 0 Å². The average molecular weight is 214 g/mol. The van der Waals surface area contributed by atoms with E-state index in [1.165, 1.54) is 31.6 Å². The zero-order valence-corrected chi connectivity index (χ0v) is 10.1. The Morgan fingerprint density at radius 2 is 2.14 bits per heavy atom. The predicted molar refractivity (Wildman–Crippen MR) is 63.7 cm³/mol. The van der Waals surface area contributed by atoms with Gasteiger partial charge in [0, 0.05) is 35.7 Å². The Kier molecular flexibility index (Phi) is 3.10. The van der Waals surface area contributed by atoms with Crippen molar-refractivity contribution in [1.29, 1.82) is 0 Å². The summed E-state index contributed by atoms with van der Waals surface area (Å²) < 4.78 is 0. The maximum absolute atomic E-state index is 5.96. The second-order valence-corrected chi connectivity index (χ2v) is 6.28. The highest BCUT2D eigenvalue weighted by Gasteiger charge is 2.45.